The lowest BCUT2D eigenvalue weighted by Crippen LogP contribution is -2.57. The SMILES string of the molecule is COc1cc(N2C(=O)N(c3ccc(-c4ccc(OC(=O)O)cc4F)cc3)C(=O)C23CCN(Cc2ncccc2C)CC3)ncn1. The second-order valence-corrected chi connectivity index (χ2v) is 10.8. The number of likely N-dealkylation sites (tertiary alicyclic amines) is 1. The predicted octanol–water partition coefficient (Wildman–Crippen LogP) is 5.06. The Morgan fingerprint density at radius 2 is 1.78 bits per heavy atom. The zero-order chi connectivity index (χ0) is 31.7. The van der Waals surface area contributed by atoms with E-state index in [4.69, 9.17) is 9.84 Å². The van der Waals surface area contributed by atoms with Crippen molar-refractivity contribution in [2.24, 2.45) is 0 Å². The van der Waals surface area contributed by atoms with Gasteiger partial charge in [-0.25, -0.2) is 28.8 Å². The number of carboxylic acid groups (broad SMARTS) is 1. The predicted molar refractivity (Wildman–Crippen MR) is 161 cm³/mol. The molecule has 2 fully saturated rings. The summed E-state index contributed by atoms with van der Waals surface area (Å²) in [5.41, 5.74) is 1.81. The molecule has 1 N–H and O–H groups in total. The molecular formula is C32H29FN6O6. The van der Waals surface area contributed by atoms with Gasteiger partial charge in [0.05, 0.1) is 18.5 Å². The number of pyridine rings is 1. The lowest BCUT2D eigenvalue weighted by Gasteiger charge is -2.41. The Labute approximate surface area is 257 Å². The van der Waals surface area contributed by atoms with Crippen molar-refractivity contribution in [3.8, 4) is 22.8 Å². The summed E-state index contributed by atoms with van der Waals surface area (Å²) in [5, 5.41) is 8.79. The van der Waals surface area contributed by atoms with E-state index in [-0.39, 0.29) is 28.9 Å². The molecule has 4 aromatic rings. The van der Waals surface area contributed by atoms with Crippen LogP contribution in [0.4, 0.5) is 25.5 Å². The summed E-state index contributed by atoms with van der Waals surface area (Å²) >= 11 is 0. The molecule has 0 atom stereocenters. The number of hydrogen-bond acceptors (Lipinski definition) is 9. The fourth-order valence-corrected chi connectivity index (χ4v) is 5.88. The number of halogens is 1. The van der Waals surface area contributed by atoms with Crippen LogP contribution in [-0.4, -0.2) is 68.8 Å². The Kier molecular flexibility index (Phi) is 7.85. The first kappa shape index (κ1) is 29.6. The van der Waals surface area contributed by atoms with Crippen molar-refractivity contribution in [3.05, 3.63) is 90.3 Å². The molecule has 12 nitrogen and oxygen atoms in total. The minimum Gasteiger partial charge on any atom is -0.481 e. The van der Waals surface area contributed by atoms with Gasteiger partial charge in [0.15, 0.2) is 0 Å². The summed E-state index contributed by atoms with van der Waals surface area (Å²) in [6.45, 7) is 3.72. The first-order chi connectivity index (χ1) is 21.7. The largest absolute Gasteiger partial charge is 0.511 e. The van der Waals surface area contributed by atoms with E-state index in [2.05, 4.69) is 24.6 Å². The molecule has 45 heavy (non-hydrogen) atoms. The normalized spacial score (nSPS) is 16.3. The number of aryl methyl sites for hydroxylation is 1. The van der Waals surface area contributed by atoms with Crippen LogP contribution >= 0.6 is 0 Å². The fraction of sp³-hybridized carbons (Fsp3) is 0.250. The number of benzene rings is 2. The highest BCUT2D eigenvalue weighted by Crippen LogP contribution is 2.43. The molecule has 2 aliphatic rings. The zero-order valence-corrected chi connectivity index (χ0v) is 24.5. The van der Waals surface area contributed by atoms with Gasteiger partial charge in [-0.1, -0.05) is 18.2 Å². The van der Waals surface area contributed by atoms with E-state index in [1.165, 1.54) is 36.5 Å². The van der Waals surface area contributed by atoms with Gasteiger partial charge < -0.3 is 14.6 Å². The second-order valence-electron chi connectivity index (χ2n) is 10.8. The number of piperidine rings is 1. The van der Waals surface area contributed by atoms with Gasteiger partial charge in [0.25, 0.3) is 5.91 Å². The summed E-state index contributed by atoms with van der Waals surface area (Å²) in [5.74, 6) is -0.720. The molecule has 2 saturated heterocycles. The maximum absolute atomic E-state index is 14.8. The number of carbonyl (C=O) groups is 3. The number of rotatable bonds is 7. The third kappa shape index (κ3) is 5.53. The Hall–Kier alpha value is -5.43. The van der Waals surface area contributed by atoms with Gasteiger partial charge in [-0.3, -0.25) is 19.6 Å². The quantitative estimate of drug-likeness (QED) is 0.171. The molecule has 0 unspecified atom stereocenters. The number of anilines is 2. The van der Waals surface area contributed by atoms with Crippen molar-refractivity contribution in [1.29, 1.82) is 0 Å². The Morgan fingerprint density at radius 1 is 1.02 bits per heavy atom. The van der Waals surface area contributed by atoms with E-state index in [1.807, 2.05) is 19.1 Å². The van der Waals surface area contributed by atoms with E-state index >= 15 is 0 Å². The average molecular weight is 613 g/mol. The molecule has 0 saturated carbocycles. The lowest BCUT2D eigenvalue weighted by atomic mass is 9.85. The number of carbonyl (C=O) groups excluding carboxylic acids is 2. The van der Waals surface area contributed by atoms with Crippen LogP contribution < -0.4 is 19.3 Å². The van der Waals surface area contributed by atoms with Crippen LogP contribution in [0, 0.1) is 12.7 Å². The summed E-state index contributed by atoms with van der Waals surface area (Å²) < 4.78 is 24.6. The molecule has 3 amide bonds. The minimum atomic E-state index is -1.55. The summed E-state index contributed by atoms with van der Waals surface area (Å²) in [6, 6.07) is 14.9. The molecule has 2 aromatic heterocycles. The van der Waals surface area contributed by atoms with Gasteiger partial charge in [-0.2, -0.15) is 0 Å². The maximum Gasteiger partial charge on any atom is 0.511 e. The van der Waals surface area contributed by atoms with Gasteiger partial charge in [-0.05, 0) is 61.2 Å². The third-order valence-corrected chi connectivity index (χ3v) is 8.23. The Bertz CT molecular complexity index is 1780. The monoisotopic (exact) mass is 612 g/mol. The van der Waals surface area contributed by atoms with Crippen molar-refractivity contribution < 1.29 is 33.4 Å². The van der Waals surface area contributed by atoms with Crippen LogP contribution in [0.5, 0.6) is 11.6 Å². The van der Waals surface area contributed by atoms with Crippen LogP contribution in [0.3, 0.4) is 0 Å². The lowest BCUT2D eigenvalue weighted by molar-refractivity contribution is -0.123. The highest BCUT2D eigenvalue weighted by molar-refractivity contribution is 6.30. The van der Waals surface area contributed by atoms with Crippen LogP contribution in [0.2, 0.25) is 0 Å². The topological polar surface area (TPSA) is 138 Å². The summed E-state index contributed by atoms with van der Waals surface area (Å²) in [7, 11) is 1.46. The van der Waals surface area contributed by atoms with Crippen LogP contribution in [0.25, 0.3) is 11.1 Å². The molecule has 2 aliphatic heterocycles. The number of nitrogens with zero attached hydrogens (tertiary/aromatic N) is 6. The van der Waals surface area contributed by atoms with Crippen LogP contribution in [0.1, 0.15) is 24.1 Å². The molecule has 0 radical (unpaired) electrons. The summed E-state index contributed by atoms with van der Waals surface area (Å²) in [4.78, 5) is 56.9. The number of amides is 3. The molecule has 2 aromatic carbocycles. The maximum atomic E-state index is 14.8. The third-order valence-electron chi connectivity index (χ3n) is 8.23. The standard InChI is InChI=1S/C32H29FN6O6/c1-20-4-3-13-34-26(20)18-37-14-11-32(12-15-37)29(40)38(30(41)39(32)27-17-28(44-2)36-19-35-27)22-7-5-21(6-8-22)24-10-9-23(16-25(24)33)45-31(42)43/h3-10,13,16-17,19H,11-12,14-15,18H2,1-2H3,(H,42,43). The van der Waals surface area contributed by atoms with Gasteiger partial charge in [-0.15, -0.1) is 0 Å². The van der Waals surface area contributed by atoms with Gasteiger partial charge in [0, 0.05) is 43.5 Å². The number of urea groups is 1. The van der Waals surface area contributed by atoms with Crippen molar-refractivity contribution in [2.75, 3.05) is 30.0 Å². The first-order valence-electron chi connectivity index (χ1n) is 14.2. The molecule has 0 aliphatic carbocycles. The number of imide groups is 1. The molecule has 4 heterocycles. The second kappa shape index (κ2) is 11.9. The molecule has 230 valence electrons. The fourth-order valence-electron chi connectivity index (χ4n) is 5.88. The average Bonchev–Trinajstić information content (AvgIpc) is 3.24. The highest BCUT2D eigenvalue weighted by Gasteiger charge is 2.59. The number of methoxy groups -OCH3 is 1. The van der Waals surface area contributed by atoms with E-state index in [0.717, 1.165) is 22.2 Å². The smallest absolute Gasteiger partial charge is 0.481 e. The Morgan fingerprint density at radius 3 is 2.44 bits per heavy atom. The van der Waals surface area contributed by atoms with Crippen molar-refractivity contribution in [3.63, 3.8) is 0 Å². The first-order valence-corrected chi connectivity index (χ1v) is 14.2. The van der Waals surface area contributed by atoms with Gasteiger partial charge in [0.1, 0.15) is 29.3 Å². The molecular weight excluding hydrogens is 583 g/mol. The number of hydrogen-bond donors (Lipinski definition) is 1. The molecule has 0 bridgehead atoms. The van der Waals surface area contributed by atoms with E-state index < -0.39 is 23.5 Å². The van der Waals surface area contributed by atoms with Gasteiger partial charge >= 0.3 is 12.2 Å². The van der Waals surface area contributed by atoms with Gasteiger partial charge in [0.2, 0.25) is 5.88 Å². The van der Waals surface area contributed by atoms with Crippen molar-refractivity contribution >= 4 is 29.6 Å². The Balaban J connectivity index is 1.30. The zero-order valence-electron chi connectivity index (χ0n) is 24.5. The van der Waals surface area contributed by atoms with Crippen LogP contribution in [-0.2, 0) is 11.3 Å². The van der Waals surface area contributed by atoms with Crippen LogP contribution in [0.15, 0.2) is 73.2 Å². The van der Waals surface area contributed by atoms with E-state index in [1.54, 1.807) is 30.5 Å². The minimum absolute atomic E-state index is 0.151. The molecule has 1 spiro atoms. The molecule has 6 rings (SSSR count). The van der Waals surface area contributed by atoms with E-state index in [0.29, 0.717) is 43.7 Å². The number of aromatic nitrogens is 3. The van der Waals surface area contributed by atoms with Crippen molar-refractivity contribution in [1.82, 2.24) is 19.9 Å². The highest BCUT2D eigenvalue weighted by atomic mass is 19.1. The number of ether oxygens (including phenoxy) is 2. The molecule has 13 heteroatoms. The van der Waals surface area contributed by atoms with E-state index in [9.17, 15) is 18.8 Å². The van der Waals surface area contributed by atoms with Crippen molar-refractivity contribution in [2.45, 2.75) is 31.8 Å². The summed E-state index contributed by atoms with van der Waals surface area (Å²) in [6.07, 6.45) is 2.22.